The van der Waals surface area contributed by atoms with Crippen molar-refractivity contribution < 1.29 is 4.74 Å². The standard InChI is InChI=1S/C21H18BrNOS/c22-19-10-6-17(7-11-19)15-24-20-12-8-18(9-13-20)21(25)23-14-16-4-2-1-3-5-16/h1-13H,14-15H2,(H,23,25). The first-order valence-corrected chi connectivity index (χ1v) is 9.20. The van der Waals surface area contributed by atoms with Gasteiger partial charge in [0.15, 0.2) is 0 Å². The Balaban J connectivity index is 1.52. The van der Waals surface area contributed by atoms with E-state index < -0.39 is 0 Å². The lowest BCUT2D eigenvalue weighted by molar-refractivity contribution is 0.306. The lowest BCUT2D eigenvalue weighted by Crippen LogP contribution is -2.21. The number of hydrogen-bond donors (Lipinski definition) is 1. The highest BCUT2D eigenvalue weighted by molar-refractivity contribution is 9.10. The molecule has 0 aromatic heterocycles. The summed E-state index contributed by atoms with van der Waals surface area (Å²) in [5.41, 5.74) is 3.33. The molecule has 0 saturated heterocycles. The van der Waals surface area contributed by atoms with Crippen molar-refractivity contribution in [3.8, 4) is 5.75 Å². The summed E-state index contributed by atoms with van der Waals surface area (Å²) in [6.07, 6.45) is 0. The minimum atomic E-state index is 0.545. The number of thiocarbonyl (C=S) groups is 1. The van der Waals surface area contributed by atoms with Crippen molar-refractivity contribution in [3.63, 3.8) is 0 Å². The van der Waals surface area contributed by atoms with Gasteiger partial charge in [-0.2, -0.15) is 0 Å². The van der Waals surface area contributed by atoms with E-state index in [4.69, 9.17) is 17.0 Å². The van der Waals surface area contributed by atoms with Crippen molar-refractivity contribution >= 4 is 33.1 Å². The van der Waals surface area contributed by atoms with Gasteiger partial charge in [0.2, 0.25) is 0 Å². The van der Waals surface area contributed by atoms with Crippen LogP contribution in [-0.2, 0) is 13.2 Å². The number of hydrogen-bond acceptors (Lipinski definition) is 2. The summed E-state index contributed by atoms with van der Waals surface area (Å²) in [6.45, 7) is 1.27. The lowest BCUT2D eigenvalue weighted by atomic mass is 10.2. The molecule has 0 aliphatic rings. The summed E-state index contributed by atoms with van der Waals surface area (Å²) in [4.78, 5) is 0.739. The molecule has 25 heavy (non-hydrogen) atoms. The van der Waals surface area contributed by atoms with E-state index in [1.54, 1.807) is 0 Å². The molecule has 1 N–H and O–H groups in total. The number of halogens is 1. The fraction of sp³-hybridized carbons (Fsp3) is 0.0952. The van der Waals surface area contributed by atoms with Gasteiger partial charge in [-0.1, -0.05) is 70.6 Å². The second-order valence-corrected chi connectivity index (χ2v) is 6.93. The van der Waals surface area contributed by atoms with Gasteiger partial charge in [0.25, 0.3) is 0 Å². The van der Waals surface area contributed by atoms with Crippen molar-refractivity contribution in [1.82, 2.24) is 5.32 Å². The maximum absolute atomic E-state index is 5.82. The molecule has 0 unspecified atom stereocenters. The van der Waals surface area contributed by atoms with E-state index in [-0.39, 0.29) is 0 Å². The largest absolute Gasteiger partial charge is 0.489 e. The van der Waals surface area contributed by atoms with E-state index in [1.807, 2.05) is 66.7 Å². The van der Waals surface area contributed by atoms with E-state index in [9.17, 15) is 0 Å². The molecular formula is C21H18BrNOS. The van der Waals surface area contributed by atoms with Gasteiger partial charge in [-0.05, 0) is 47.5 Å². The summed E-state index contributed by atoms with van der Waals surface area (Å²) in [7, 11) is 0. The molecule has 4 heteroatoms. The van der Waals surface area contributed by atoms with Crippen LogP contribution < -0.4 is 10.1 Å². The predicted octanol–water partition coefficient (Wildman–Crippen LogP) is 5.49. The molecule has 126 valence electrons. The van der Waals surface area contributed by atoms with Gasteiger partial charge < -0.3 is 10.1 Å². The molecule has 3 aromatic rings. The SMILES string of the molecule is S=C(NCc1ccccc1)c1ccc(OCc2ccc(Br)cc2)cc1. The molecule has 0 aliphatic carbocycles. The Morgan fingerprint density at radius 3 is 2.20 bits per heavy atom. The highest BCUT2D eigenvalue weighted by Crippen LogP contribution is 2.16. The van der Waals surface area contributed by atoms with Gasteiger partial charge in [-0.3, -0.25) is 0 Å². The van der Waals surface area contributed by atoms with Crippen LogP contribution in [0.25, 0.3) is 0 Å². The van der Waals surface area contributed by atoms with E-state index in [1.165, 1.54) is 5.56 Å². The van der Waals surface area contributed by atoms with Crippen LogP contribution in [0.5, 0.6) is 5.75 Å². The van der Waals surface area contributed by atoms with E-state index in [0.717, 1.165) is 32.9 Å². The van der Waals surface area contributed by atoms with Crippen LogP contribution in [0.3, 0.4) is 0 Å². The predicted molar refractivity (Wildman–Crippen MR) is 110 cm³/mol. The van der Waals surface area contributed by atoms with Crippen LogP contribution in [-0.4, -0.2) is 4.99 Å². The van der Waals surface area contributed by atoms with Gasteiger partial charge in [0.05, 0.1) is 0 Å². The first kappa shape index (κ1) is 17.6. The molecule has 3 rings (SSSR count). The van der Waals surface area contributed by atoms with Crippen molar-refractivity contribution in [2.75, 3.05) is 0 Å². The van der Waals surface area contributed by atoms with Crippen molar-refractivity contribution in [3.05, 3.63) is 100 Å². The maximum atomic E-state index is 5.82. The maximum Gasteiger partial charge on any atom is 0.119 e. The summed E-state index contributed by atoms with van der Waals surface area (Å²) >= 11 is 8.89. The monoisotopic (exact) mass is 411 g/mol. The highest BCUT2D eigenvalue weighted by atomic mass is 79.9. The van der Waals surface area contributed by atoms with E-state index in [0.29, 0.717) is 6.61 Å². The van der Waals surface area contributed by atoms with Crippen LogP contribution in [0.15, 0.2) is 83.3 Å². The normalized spacial score (nSPS) is 10.3. The Kier molecular flexibility index (Phi) is 6.20. The van der Waals surface area contributed by atoms with Gasteiger partial charge in [0, 0.05) is 16.6 Å². The topological polar surface area (TPSA) is 21.3 Å². The van der Waals surface area contributed by atoms with E-state index in [2.05, 4.69) is 33.4 Å². The third kappa shape index (κ3) is 5.41. The Hall–Kier alpha value is -2.17. The molecule has 2 nitrogen and oxygen atoms in total. The zero-order chi connectivity index (χ0) is 17.5. The Bertz CT molecular complexity index is 817. The van der Waals surface area contributed by atoms with Crippen LogP contribution in [0.2, 0.25) is 0 Å². The van der Waals surface area contributed by atoms with Gasteiger partial charge in [-0.25, -0.2) is 0 Å². The third-order valence-electron chi connectivity index (χ3n) is 3.73. The van der Waals surface area contributed by atoms with E-state index >= 15 is 0 Å². The fourth-order valence-electron chi connectivity index (χ4n) is 2.33. The second-order valence-electron chi connectivity index (χ2n) is 5.61. The Morgan fingerprint density at radius 1 is 0.840 bits per heavy atom. The third-order valence-corrected chi connectivity index (χ3v) is 4.64. The van der Waals surface area contributed by atoms with Gasteiger partial charge in [-0.15, -0.1) is 0 Å². The summed E-state index contributed by atoms with van der Waals surface area (Å²) in [5.74, 6) is 0.831. The Labute approximate surface area is 162 Å². The van der Waals surface area contributed by atoms with Gasteiger partial charge in [0.1, 0.15) is 17.3 Å². The zero-order valence-corrected chi connectivity index (χ0v) is 16.0. The molecule has 0 radical (unpaired) electrons. The molecule has 0 fully saturated rings. The molecule has 0 heterocycles. The molecule has 0 amide bonds. The molecule has 0 spiro atoms. The van der Waals surface area contributed by atoms with Crippen LogP contribution >= 0.6 is 28.1 Å². The average Bonchev–Trinajstić information content (AvgIpc) is 2.67. The van der Waals surface area contributed by atoms with Crippen LogP contribution in [0.1, 0.15) is 16.7 Å². The molecular weight excluding hydrogens is 394 g/mol. The van der Waals surface area contributed by atoms with Crippen LogP contribution in [0, 0.1) is 0 Å². The minimum Gasteiger partial charge on any atom is -0.489 e. The number of benzene rings is 3. The van der Waals surface area contributed by atoms with Gasteiger partial charge >= 0.3 is 0 Å². The molecule has 0 aliphatic heterocycles. The van der Waals surface area contributed by atoms with Crippen molar-refractivity contribution in [1.29, 1.82) is 0 Å². The summed E-state index contributed by atoms with van der Waals surface area (Å²) in [6, 6.07) is 26.2. The molecule has 0 saturated carbocycles. The minimum absolute atomic E-state index is 0.545. The first-order chi connectivity index (χ1) is 12.2. The zero-order valence-electron chi connectivity index (χ0n) is 13.6. The molecule has 0 bridgehead atoms. The first-order valence-electron chi connectivity index (χ1n) is 8.00. The van der Waals surface area contributed by atoms with Crippen LogP contribution in [0.4, 0.5) is 0 Å². The quantitative estimate of drug-likeness (QED) is 0.541. The lowest BCUT2D eigenvalue weighted by Gasteiger charge is -2.10. The fourth-order valence-corrected chi connectivity index (χ4v) is 2.80. The smallest absolute Gasteiger partial charge is 0.119 e. The average molecular weight is 412 g/mol. The molecule has 0 atom stereocenters. The number of ether oxygens (including phenoxy) is 1. The highest BCUT2D eigenvalue weighted by Gasteiger charge is 2.02. The summed E-state index contributed by atoms with van der Waals surface area (Å²) < 4.78 is 6.88. The second kappa shape index (κ2) is 8.79. The number of nitrogens with one attached hydrogen (secondary N) is 1. The summed E-state index contributed by atoms with van der Waals surface area (Å²) in [5, 5.41) is 3.28. The van der Waals surface area contributed by atoms with Crippen molar-refractivity contribution in [2.45, 2.75) is 13.2 Å². The van der Waals surface area contributed by atoms with Crippen molar-refractivity contribution in [2.24, 2.45) is 0 Å². The number of rotatable bonds is 6. The Morgan fingerprint density at radius 2 is 1.52 bits per heavy atom. The molecule has 3 aromatic carbocycles.